The number of carbonyl (C=O) groups is 1. The molecule has 0 aromatic carbocycles. The van der Waals surface area contributed by atoms with E-state index in [1.807, 2.05) is 6.92 Å². The first-order chi connectivity index (χ1) is 9.77. The first kappa shape index (κ1) is 16.0. The van der Waals surface area contributed by atoms with Gasteiger partial charge in [0.2, 0.25) is 15.8 Å². The smallest absolute Gasteiger partial charge is 0.371 e. The second-order valence-electron chi connectivity index (χ2n) is 5.24. The van der Waals surface area contributed by atoms with Crippen molar-refractivity contribution >= 4 is 16.0 Å². The fraction of sp³-hybridized carbons (Fsp3) is 0.615. The number of aromatic carboxylic acids is 1. The number of methoxy groups -OCH3 is 1. The van der Waals surface area contributed by atoms with Gasteiger partial charge in [-0.05, 0) is 19.3 Å². The van der Waals surface area contributed by atoms with Gasteiger partial charge in [0.15, 0.2) is 0 Å². The molecule has 1 fully saturated rings. The molecular formula is C13H19NO6S. The van der Waals surface area contributed by atoms with E-state index in [1.54, 1.807) is 7.11 Å². The van der Waals surface area contributed by atoms with E-state index in [2.05, 4.69) is 0 Å². The third-order valence-electron chi connectivity index (χ3n) is 3.86. The summed E-state index contributed by atoms with van der Waals surface area (Å²) in [4.78, 5) is 10.8. The minimum absolute atomic E-state index is 0.0833. The first-order valence-corrected chi connectivity index (χ1v) is 8.08. The highest BCUT2D eigenvalue weighted by Gasteiger charge is 2.36. The van der Waals surface area contributed by atoms with Crippen molar-refractivity contribution in [1.29, 1.82) is 0 Å². The topological polar surface area (TPSA) is 97.0 Å². The SMILES string of the molecule is COC1CN(S(=O)(=O)c2cc(C(=O)O)oc2C)CCC1C. The third kappa shape index (κ3) is 2.97. The zero-order valence-corrected chi connectivity index (χ0v) is 13.0. The number of sulfonamides is 1. The van der Waals surface area contributed by atoms with E-state index in [4.69, 9.17) is 14.3 Å². The maximum atomic E-state index is 12.6. The van der Waals surface area contributed by atoms with Gasteiger partial charge in [-0.15, -0.1) is 0 Å². The monoisotopic (exact) mass is 317 g/mol. The second kappa shape index (κ2) is 5.78. The second-order valence-corrected chi connectivity index (χ2v) is 7.15. The van der Waals surface area contributed by atoms with Gasteiger partial charge >= 0.3 is 5.97 Å². The molecule has 0 radical (unpaired) electrons. The van der Waals surface area contributed by atoms with Crippen molar-refractivity contribution < 1.29 is 27.5 Å². The average molecular weight is 317 g/mol. The summed E-state index contributed by atoms with van der Waals surface area (Å²) in [5, 5.41) is 8.89. The molecule has 1 aromatic rings. The van der Waals surface area contributed by atoms with Crippen LogP contribution in [-0.4, -0.2) is 50.1 Å². The lowest BCUT2D eigenvalue weighted by Crippen LogP contribution is -2.46. The Balaban J connectivity index is 2.32. The Labute approximate surface area is 123 Å². The maximum absolute atomic E-state index is 12.6. The van der Waals surface area contributed by atoms with E-state index in [-0.39, 0.29) is 35.0 Å². The fourth-order valence-corrected chi connectivity index (χ4v) is 4.12. The number of ether oxygens (including phenoxy) is 1. The van der Waals surface area contributed by atoms with Crippen LogP contribution in [0.5, 0.6) is 0 Å². The van der Waals surface area contributed by atoms with Crippen LogP contribution in [0.2, 0.25) is 0 Å². The van der Waals surface area contributed by atoms with Gasteiger partial charge in [-0.1, -0.05) is 6.92 Å². The molecular weight excluding hydrogens is 298 g/mol. The zero-order chi connectivity index (χ0) is 15.8. The van der Waals surface area contributed by atoms with Crippen molar-refractivity contribution in [3.63, 3.8) is 0 Å². The summed E-state index contributed by atoms with van der Waals surface area (Å²) in [6, 6.07) is 1.06. The van der Waals surface area contributed by atoms with Crippen LogP contribution >= 0.6 is 0 Å². The van der Waals surface area contributed by atoms with Crippen LogP contribution in [0.15, 0.2) is 15.4 Å². The van der Waals surface area contributed by atoms with E-state index in [9.17, 15) is 13.2 Å². The van der Waals surface area contributed by atoms with E-state index in [0.29, 0.717) is 13.0 Å². The van der Waals surface area contributed by atoms with Gasteiger partial charge < -0.3 is 14.3 Å². The Kier molecular flexibility index (Phi) is 4.40. The molecule has 0 aliphatic carbocycles. The standard InChI is InChI=1S/C13H19NO6S/c1-8-4-5-14(7-11(8)19-3)21(17,18)12-6-10(13(15)16)20-9(12)2/h6,8,11H,4-5,7H2,1-3H3,(H,15,16). The predicted molar refractivity (Wildman–Crippen MR) is 73.7 cm³/mol. The van der Waals surface area contributed by atoms with Gasteiger partial charge in [0.1, 0.15) is 10.7 Å². The van der Waals surface area contributed by atoms with Gasteiger partial charge in [0.25, 0.3) is 0 Å². The van der Waals surface area contributed by atoms with Crippen LogP contribution in [0.4, 0.5) is 0 Å². The molecule has 1 aliphatic rings. The predicted octanol–water partition coefficient (Wildman–Crippen LogP) is 1.33. The average Bonchev–Trinajstić information content (AvgIpc) is 2.82. The number of piperidine rings is 1. The Morgan fingerprint density at radius 2 is 2.19 bits per heavy atom. The van der Waals surface area contributed by atoms with Gasteiger partial charge in [0, 0.05) is 26.3 Å². The number of nitrogens with zero attached hydrogens (tertiary/aromatic N) is 1. The largest absolute Gasteiger partial charge is 0.475 e. The van der Waals surface area contributed by atoms with Crippen molar-refractivity contribution in [2.45, 2.75) is 31.3 Å². The zero-order valence-electron chi connectivity index (χ0n) is 12.2. The maximum Gasteiger partial charge on any atom is 0.371 e. The van der Waals surface area contributed by atoms with Crippen LogP contribution in [-0.2, 0) is 14.8 Å². The minimum atomic E-state index is -3.78. The van der Waals surface area contributed by atoms with Gasteiger partial charge in [-0.2, -0.15) is 4.31 Å². The molecule has 0 amide bonds. The van der Waals surface area contributed by atoms with E-state index in [1.165, 1.54) is 11.2 Å². The fourth-order valence-electron chi connectivity index (χ4n) is 2.50. The molecule has 1 aromatic heterocycles. The molecule has 2 rings (SSSR count). The molecule has 118 valence electrons. The van der Waals surface area contributed by atoms with Gasteiger partial charge in [-0.25, -0.2) is 13.2 Å². The molecule has 1 saturated heterocycles. The molecule has 8 heteroatoms. The molecule has 21 heavy (non-hydrogen) atoms. The molecule has 0 saturated carbocycles. The number of furan rings is 1. The molecule has 0 spiro atoms. The molecule has 7 nitrogen and oxygen atoms in total. The Bertz CT molecular complexity index is 635. The number of hydrogen-bond acceptors (Lipinski definition) is 5. The third-order valence-corrected chi connectivity index (χ3v) is 5.83. The van der Waals surface area contributed by atoms with Crippen molar-refractivity contribution in [3.05, 3.63) is 17.6 Å². The van der Waals surface area contributed by atoms with E-state index in [0.717, 1.165) is 6.07 Å². The summed E-state index contributed by atoms with van der Waals surface area (Å²) >= 11 is 0. The highest BCUT2D eigenvalue weighted by Crippen LogP contribution is 2.28. The molecule has 1 aliphatic heterocycles. The highest BCUT2D eigenvalue weighted by molar-refractivity contribution is 7.89. The number of carboxylic acids is 1. The summed E-state index contributed by atoms with van der Waals surface area (Å²) < 4.78 is 36.9. The van der Waals surface area contributed by atoms with Crippen molar-refractivity contribution in [2.24, 2.45) is 5.92 Å². The Morgan fingerprint density at radius 1 is 1.52 bits per heavy atom. The summed E-state index contributed by atoms with van der Waals surface area (Å²) in [6.45, 7) is 4.10. The molecule has 2 heterocycles. The highest BCUT2D eigenvalue weighted by atomic mass is 32.2. The summed E-state index contributed by atoms with van der Waals surface area (Å²) in [5.74, 6) is -1.30. The quantitative estimate of drug-likeness (QED) is 0.900. The molecule has 2 unspecified atom stereocenters. The van der Waals surface area contributed by atoms with Crippen molar-refractivity contribution in [3.8, 4) is 0 Å². The number of rotatable bonds is 4. The van der Waals surface area contributed by atoms with Gasteiger partial charge in [0.05, 0.1) is 6.10 Å². The van der Waals surface area contributed by atoms with Crippen LogP contribution < -0.4 is 0 Å². The number of hydrogen-bond donors (Lipinski definition) is 1. The summed E-state index contributed by atoms with van der Waals surface area (Å²) in [7, 11) is -2.22. The summed E-state index contributed by atoms with van der Waals surface area (Å²) in [5.41, 5.74) is 0. The number of carboxylic acid groups (broad SMARTS) is 1. The minimum Gasteiger partial charge on any atom is -0.475 e. The van der Waals surface area contributed by atoms with Crippen LogP contribution in [0.3, 0.4) is 0 Å². The summed E-state index contributed by atoms with van der Waals surface area (Å²) in [6.07, 6.45) is 0.528. The Morgan fingerprint density at radius 3 is 2.71 bits per heavy atom. The van der Waals surface area contributed by atoms with Crippen LogP contribution in [0.1, 0.15) is 29.7 Å². The van der Waals surface area contributed by atoms with E-state index < -0.39 is 16.0 Å². The lowest BCUT2D eigenvalue weighted by atomic mass is 9.97. The normalized spacial score (nSPS) is 24.1. The lowest BCUT2D eigenvalue weighted by molar-refractivity contribution is 0.0183. The molecule has 1 N–H and O–H groups in total. The molecule has 2 atom stereocenters. The van der Waals surface area contributed by atoms with Crippen molar-refractivity contribution in [2.75, 3.05) is 20.2 Å². The molecule has 0 bridgehead atoms. The number of aryl methyl sites for hydroxylation is 1. The van der Waals surface area contributed by atoms with Crippen LogP contribution in [0.25, 0.3) is 0 Å². The van der Waals surface area contributed by atoms with E-state index >= 15 is 0 Å². The first-order valence-electron chi connectivity index (χ1n) is 6.64. The lowest BCUT2D eigenvalue weighted by Gasteiger charge is -2.35. The van der Waals surface area contributed by atoms with Crippen LogP contribution in [0, 0.1) is 12.8 Å². The van der Waals surface area contributed by atoms with Crippen molar-refractivity contribution in [1.82, 2.24) is 4.31 Å². The van der Waals surface area contributed by atoms with Gasteiger partial charge in [-0.3, -0.25) is 0 Å². The Hall–Kier alpha value is -1.38.